The third kappa shape index (κ3) is 5.83. The number of unbranched alkanes of at least 4 members (excludes halogenated alkanes) is 5. The predicted octanol–water partition coefficient (Wildman–Crippen LogP) is 4.26. The Morgan fingerprint density at radius 2 is 1.85 bits per heavy atom. The minimum Gasteiger partial charge on any atom is -0.465 e. The number of rotatable bonds is 15. The summed E-state index contributed by atoms with van der Waals surface area (Å²) in [6.07, 6.45) is 9.65. The largest absolute Gasteiger partial charge is 0.465 e. The molecule has 0 radical (unpaired) electrons. The summed E-state index contributed by atoms with van der Waals surface area (Å²) in [5, 5.41) is 9.15. The van der Waals surface area contributed by atoms with E-state index in [1.165, 1.54) is 0 Å². The lowest BCUT2D eigenvalue weighted by molar-refractivity contribution is -0.163. The topological polar surface area (TPSA) is 96.4 Å². The summed E-state index contributed by atoms with van der Waals surface area (Å²) < 4.78 is 12.5. The number of hydrogen-bond acceptors (Lipinski definition) is 6. The van der Waals surface area contributed by atoms with Gasteiger partial charge in [0.15, 0.2) is 0 Å². The number of aliphatic hydroxyl groups is 1. The van der Waals surface area contributed by atoms with Gasteiger partial charge in [-0.05, 0) is 72.1 Å². The number of nitrogens with zero attached hydrogens (tertiary/aromatic N) is 2. The first-order valence-corrected chi connectivity index (χ1v) is 14.7. The lowest BCUT2D eigenvalue weighted by Crippen LogP contribution is -2.60. The molecule has 8 heteroatoms. The molecule has 8 nitrogen and oxygen atoms in total. The van der Waals surface area contributed by atoms with Crippen LogP contribution in [0, 0.1) is 17.8 Å². The Bertz CT molecular complexity index is 929. The standard InChI is InChI=1S/C31H50N2O6/c1-8-10-11-16-20-38-28(37)24-23-26(35)32(18-14-12-13-15-19-34)25(27(36)33(17-9-2)29(4,5)6)31(23)21-22(3)30(24,7)39-31/h8-9,22-25,34H,1-2,10-21H2,3-7H3/t22?,23-,24+,25?,30-,31?/m0/s1. The minimum absolute atomic E-state index is 0.0258. The fraction of sp³-hybridized carbons (Fsp3) is 0.774. The fourth-order valence-electron chi connectivity index (χ4n) is 6.99. The van der Waals surface area contributed by atoms with Gasteiger partial charge in [-0.3, -0.25) is 14.4 Å². The van der Waals surface area contributed by atoms with Crippen LogP contribution in [0.25, 0.3) is 0 Å². The lowest BCUT2D eigenvalue weighted by Gasteiger charge is -2.42. The van der Waals surface area contributed by atoms with Crippen molar-refractivity contribution in [1.82, 2.24) is 9.80 Å². The summed E-state index contributed by atoms with van der Waals surface area (Å²) in [5.41, 5.74) is -2.45. The van der Waals surface area contributed by atoms with Crippen molar-refractivity contribution in [1.29, 1.82) is 0 Å². The van der Waals surface area contributed by atoms with Gasteiger partial charge in [-0.2, -0.15) is 0 Å². The average molecular weight is 547 g/mol. The molecule has 39 heavy (non-hydrogen) atoms. The van der Waals surface area contributed by atoms with E-state index in [-0.39, 0.29) is 30.9 Å². The van der Waals surface area contributed by atoms with Crippen molar-refractivity contribution < 1.29 is 29.0 Å². The zero-order valence-electron chi connectivity index (χ0n) is 24.7. The van der Waals surface area contributed by atoms with E-state index in [9.17, 15) is 14.4 Å². The first-order valence-electron chi connectivity index (χ1n) is 14.7. The second kappa shape index (κ2) is 12.5. The maximum absolute atomic E-state index is 14.4. The highest BCUT2D eigenvalue weighted by atomic mass is 16.6. The molecule has 3 saturated heterocycles. The Hall–Kier alpha value is -2.19. The number of ether oxygens (including phenoxy) is 2. The van der Waals surface area contributed by atoms with E-state index in [1.54, 1.807) is 15.9 Å². The van der Waals surface area contributed by atoms with Crippen LogP contribution in [0.5, 0.6) is 0 Å². The molecule has 0 aromatic rings. The van der Waals surface area contributed by atoms with E-state index in [4.69, 9.17) is 14.6 Å². The molecular formula is C31H50N2O6. The number of fused-ring (bicyclic) bond motifs is 1. The maximum atomic E-state index is 14.4. The molecule has 1 spiro atoms. The number of likely N-dealkylation sites (tertiary alicyclic amines) is 1. The molecule has 0 aliphatic carbocycles. The number of allylic oxidation sites excluding steroid dienone is 1. The first-order chi connectivity index (χ1) is 18.4. The van der Waals surface area contributed by atoms with Crippen molar-refractivity contribution in [3.63, 3.8) is 0 Å². The highest BCUT2D eigenvalue weighted by Gasteiger charge is 2.80. The van der Waals surface area contributed by atoms with Crippen molar-refractivity contribution in [3.05, 3.63) is 25.3 Å². The first kappa shape index (κ1) is 31.3. The molecule has 3 heterocycles. The molecule has 3 fully saturated rings. The van der Waals surface area contributed by atoms with Crippen molar-refractivity contribution in [3.8, 4) is 0 Å². The molecular weight excluding hydrogens is 496 g/mol. The number of carbonyl (C=O) groups is 3. The van der Waals surface area contributed by atoms with Crippen LogP contribution in [0.15, 0.2) is 25.3 Å². The van der Waals surface area contributed by atoms with Crippen LogP contribution in [-0.2, 0) is 23.9 Å². The van der Waals surface area contributed by atoms with Gasteiger partial charge < -0.3 is 24.4 Å². The zero-order chi connectivity index (χ0) is 29.0. The van der Waals surface area contributed by atoms with Gasteiger partial charge in [-0.25, -0.2) is 0 Å². The van der Waals surface area contributed by atoms with Gasteiger partial charge in [0.1, 0.15) is 17.6 Å². The van der Waals surface area contributed by atoms with Gasteiger partial charge in [0.05, 0.1) is 18.1 Å². The molecule has 3 rings (SSSR count). The van der Waals surface area contributed by atoms with E-state index in [0.717, 1.165) is 32.1 Å². The summed E-state index contributed by atoms with van der Waals surface area (Å²) in [4.78, 5) is 45.7. The smallest absolute Gasteiger partial charge is 0.312 e. The van der Waals surface area contributed by atoms with Gasteiger partial charge in [0.25, 0.3) is 0 Å². The molecule has 1 N–H and O–H groups in total. The van der Waals surface area contributed by atoms with Gasteiger partial charge in [0.2, 0.25) is 11.8 Å². The van der Waals surface area contributed by atoms with Crippen LogP contribution in [-0.4, -0.2) is 81.8 Å². The minimum atomic E-state index is -1.08. The second-order valence-electron chi connectivity index (χ2n) is 12.7. The highest BCUT2D eigenvalue weighted by molar-refractivity contribution is 5.98. The molecule has 0 aromatic carbocycles. The van der Waals surface area contributed by atoms with Gasteiger partial charge in [0, 0.05) is 25.2 Å². The third-order valence-corrected chi connectivity index (χ3v) is 9.04. The van der Waals surface area contributed by atoms with Crippen molar-refractivity contribution in [2.24, 2.45) is 17.8 Å². The van der Waals surface area contributed by atoms with Crippen LogP contribution in [0.1, 0.15) is 86.0 Å². The van der Waals surface area contributed by atoms with Crippen LogP contribution < -0.4 is 0 Å². The lowest BCUT2D eigenvalue weighted by atomic mass is 9.62. The molecule has 2 bridgehead atoms. The van der Waals surface area contributed by atoms with E-state index < -0.39 is 40.6 Å². The normalized spacial score (nSPS) is 31.3. The summed E-state index contributed by atoms with van der Waals surface area (Å²) in [5.74, 6) is -2.29. The molecule has 0 aromatic heterocycles. The Kier molecular flexibility index (Phi) is 10.1. The Morgan fingerprint density at radius 1 is 1.15 bits per heavy atom. The highest BCUT2D eigenvalue weighted by Crippen LogP contribution is 2.65. The van der Waals surface area contributed by atoms with Gasteiger partial charge in [-0.1, -0.05) is 31.9 Å². The molecule has 0 saturated carbocycles. The Balaban J connectivity index is 1.97. The summed E-state index contributed by atoms with van der Waals surface area (Å²) in [6, 6.07) is -0.818. The molecule has 6 atom stereocenters. The summed E-state index contributed by atoms with van der Waals surface area (Å²) >= 11 is 0. The number of hydrogen-bond donors (Lipinski definition) is 1. The Labute approximate surface area is 234 Å². The average Bonchev–Trinajstić information content (AvgIpc) is 3.37. The van der Waals surface area contributed by atoms with Crippen LogP contribution in [0.4, 0.5) is 0 Å². The predicted molar refractivity (Wildman–Crippen MR) is 151 cm³/mol. The number of carbonyl (C=O) groups excluding carboxylic acids is 3. The number of esters is 1. The van der Waals surface area contributed by atoms with Crippen molar-refractivity contribution >= 4 is 17.8 Å². The second-order valence-corrected chi connectivity index (χ2v) is 12.7. The number of aliphatic hydroxyl groups excluding tert-OH is 1. The molecule has 3 aliphatic rings. The number of amides is 2. The molecule has 2 amide bonds. The van der Waals surface area contributed by atoms with Gasteiger partial charge in [-0.15, -0.1) is 13.2 Å². The molecule has 3 aliphatic heterocycles. The van der Waals surface area contributed by atoms with Crippen LogP contribution in [0.3, 0.4) is 0 Å². The molecule has 220 valence electrons. The Morgan fingerprint density at radius 3 is 2.46 bits per heavy atom. The van der Waals surface area contributed by atoms with E-state index in [1.807, 2.05) is 40.7 Å². The van der Waals surface area contributed by atoms with E-state index in [2.05, 4.69) is 13.2 Å². The maximum Gasteiger partial charge on any atom is 0.312 e. The quantitative estimate of drug-likeness (QED) is 0.187. The zero-order valence-corrected chi connectivity index (χ0v) is 24.7. The van der Waals surface area contributed by atoms with Crippen molar-refractivity contribution in [2.75, 3.05) is 26.3 Å². The fourth-order valence-corrected chi connectivity index (χ4v) is 6.99. The monoisotopic (exact) mass is 546 g/mol. The van der Waals surface area contributed by atoms with E-state index >= 15 is 0 Å². The SMILES string of the molecule is C=CCCCCOC(=O)[C@H]1[C@H]2C(=O)N(CCCCCCO)C(C(=O)N(CC=C)C(C)(C)C)C23CC(C)[C@]1(C)O3. The third-order valence-electron chi connectivity index (χ3n) is 9.04. The van der Waals surface area contributed by atoms with Crippen molar-refractivity contribution in [2.45, 2.75) is 109 Å². The van der Waals surface area contributed by atoms with Crippen LogP contribution >= 0.6 is 0 Å². The van der Waals surface area contributed by atoms with E-state index in [0.29, 0.717) is 32.4 Å². The van der Waals surface area contributed by atoms with Gasteiger partial charge >= 0.3 is 5.97 Å². The van der Waals surface area contributed by atoms with Crippen LogP contribution in [0.2, 0.25) is 0 Å². The summed E-state index contributed by atoms with van der Waals surface area (Å²) in [7, 11) is 0. The molecule has 3 unspecified atom stereocenters. The summed E-state index contributed by atoms with van der Waals surface area (Å²) in [6.45, 7) is 18.7.